The smallest absolute Gasteiger partial charge is 0.137 e. The number of carbonyl (C=O) groups is 1. The van der Waals surface area contributed by atoms with Crippen LogP contribution in [0.5, 0.6) is 0 Å². The van der Waals surface area contributed by atoms with Crippen molar-refractivity contribution in [2.75, 3.05) is 0 Å². The van der Waals surface area contributed by atoms with Crippen molar-refractivity contribution in [2.45, 2.75) is 38.9 Å². The lowest BCUT2D eigenvalue weighted by Gasteiger charge is -2.34. The molecule has 0 saturated carbocycles. The molecule has 0 aliphatic rings. The molecule has 92 valence electrons. The van der Waals surface area contributed by atoms with Gasteiger partial charge in [0.25, 0.3) is 0 Å². The van der Waals surface area contributed by atoms with Crippen molar-refractivity contribution in [3.05, 3.63) is 42.0 Å². The van der Waals surface area contributed by atoms with Crippen molar-refractivity contribution in [1.82, 2.24) is 0 Å². The third-order valence-electron chi connectivity index (χ3n) is 3.72. The molecule has 2 heteroatoms. The summed E-state index contributed by atoms with van der Waals surface area (Å²) in [4.78, 5) is 12.3. The van der Waals surface area contributed by atoms with Gasteiger partial charge in [-0.05, 0) is 16.7 Å². The first-order valence-corrected chi connectivity index (χ1v) is 9.03. The molecule has 0 fully saturated rings. The first-order chi connectivity index (χ1) is 7.75. The first kappa shape index (κ1) is 13.9. The second-order valence-electron chi connectivity index (χ2n) is 5.98. The Hall–Kier alpha value is -1.15. The number of allylic oxidation sites excluding steroid dienone is 1. The van der Waals surface area contributed by atoms with Crippen LogP contribution in [-0.4, -0.2) is 13.5 Å². The molecular weight excluding hydrogens is 224 g/mol. The van der Waals surface area contributed by atoms with Crippen LogP contribution in [0.2, 0.25) is 18.1 Å². The Morgan fingerprint density at radius 2 is 1.65 bits per heavy atom. The Morgan fingerprint density at radius 1 is 1.12 bits per heavy atom. The average molecular weight is 246 g/mol. The fraction of sp³-hybridized carbons (Fsp3) is 0.400. The van der Waals surface area contributed by atoms with Crippen molar-refractivity contribution in [2.24, 2.45) is 0 Å². The Morgan fingerprint density at radius 3 is 2.12 bits per heavy atom. The molecule has 0 aliphatic heterocycles. The van der Waals surface area contributed by atoms with Gasteiger partial charge in [-0.25, -0.2) is 0 Å². The molecule has 17 heavy (non-hydrogen) atoms. The monoisotopic (exact) mass is 246 g/mol. The number of hydrogen-bond acceptors (Lipinski definition) is 1. The molecule has 1 aromatic rings. The van der Waals surface area contributed by atoms with Crippen molar-refractivity contribution < 1.29 is 4.79 Å². The number of hydrogen-bond donors (Lipinski definition) is 0. The second kappa shape index (κ2) is 5.01. The van der Waals surface area contributed by atoms with E-state index in [1.807, 2.05) is 36.4 Å². The van der Waals surface area contributed by atoms with Gasteiger partial charge in [0.15, 0.2) is 0 Å². The van der Waals surface area contributed by atoms with E-state index in [0.717, 1.165) is 5.56 Å². The van der Waals surface area contributed by atoms with Crippen LogP contribution in [0.25, 0.3) is 6.08 Å². The highest BCUT2D eigenvalue weighted by Crippen LogP contribution is 2.36. The van der Waals surface area contributed by atoms with E-state index in [0.29, 0.717) is 5.41 Å². The van der Waals surface area contributed by atoms with Gasteiger partial charge in [0, 0.05) is 0 Å². The molecule has 1 aromatic carbocycles. The summed E-state index contributed by atoms with van der Waals surface area (Å²) >= 11 is 0. The topological polar surface area (TPSA) is 17.1 Å². The van der Waals surface area contributed by atoms with Crippen LogP contribution in [-0.2, 0) is 4.79 Å². The number of carbonyl (C=O) groups excluding carboxylic acids is 1. The highest BCUT2D eigenvalue weighted by atomic mass is 28.3. The fourth-order valence-electron chi connectivity index (χ4n) is 1.31. The van der Waals surface area contributed by atoms with E-state index in [9.17, 15) is 4.79 Å². The van der Waals surface area contributed by atoms with Crippen LogP contribution in [0.15, 0.2) is 36.4 Å². The van der Waals surface area contributed by atoms with Gasteiger partial charge in [0.1, 0.15) is 13.5 Å². The predicted molar refractivity (Wildman–Crippen MR) is 77.7 cm³/mol. The van der Waals surface area contributed by atoms with Crippen molar-refractivity contribution >= 4 is 19.6 Å². The Balaban J connectivity index is 2.84. The van der Waals surface area contributed by atoms with Gasteiger partial charge >= 0.3 is 0 Å². The minimum atomic E-state index is -1.89. The van der Waals surface area contributed by atoms with Crippen LogP contribution in [0.4, 0.5) is 0 Å². The normalized spacial score (nSPS) is 13.0. The maximum Gasteiger partial charge on any atom is 0.137 e. The summed E-state index contributed by atoms with van der Waals surface area (Å²) in [6, 6.07) is 9.96. The van der Waals surface area contributed by atoms with Crippen molar-refractivity contribution in [3.63, 3.8) is 0 Å². The van der Waals surface area contributed by atoms with Gasteiger partial charge in [-0.15, -0.1) is 0 Å². The lowest BCUT2D eigenvalue weighted by molar-refractivity contribution is -0.108. The van der Waals surface area contributed by atoms with E-state index < -0.39 is 8.07 Å². The molecule has 0 aliphatic carbocycles. The zero-order valence-corrected chi connectivity index (χ0v) is 12.4. The number of rotatable bonds is 3. The maximum atomic E-state index is 12.3. The summed E-state index contributed by atoms with van der Waals surface area (Å²) in [5.41, 5.74) is 1.08. The molecule has 0 heterocycles. The lowest BCUT2D eigenvalue weighted by atomic mass is 10.2. The quantitative estimate of drug-likeness (QED) is 0.573. The summed E-state index contributed by atoms with van der Waals surface area (Å²) in [6.07, 6.45) is 3.68. The van der Waals surface area contributed by atoms with Crippen LogP contribution >= 0.6 is 0 Å². The zero-order valence-electron chi connectivity index (χ0n) is 11.4. The molecule has 0 radical (unpaired) electrons. The maximum absolute atomic E-state index is 12.3. The van der Waals surface area contributed by atoms with E-state index in [4.69, 9.17) is 0 Å². The van der Waals surface area contributed by atoms with E-state index >= 15 is 0 Å². The Labute approximate surface area is 106 Å². The molecule has 1 rings (SSSR count). The minimum Gasteiger partial charge on any atom is -0.301 e. The van der Waals surface area contributed by atoms with Crippen molar-refractivity contribution in [1.29, 1.82) is 0 Å². The zero-order chi connectivity index (χ0) is 13.1. The summed E-state index contributed by atoms with van der Waals surface area (Å²) < 4.78 is 0. The average Bonchev–Trinajstić information content (AvgIpc) is 2.25. The SMILES string of the molecule is CC(C)(C)[Si](C)(C)C(=O)/C=C/c1ccccc1. The van der Waals surface area contributed by atoms with Gasteiger partial charge in [0.2, 0.25) is 0 Å². The highest BCUT2D eigenvalue weighted by Gasteiger charge is 2.40. The van der Waals surface area contributed by atoms with Gasteiger partial charge in [-0.1, -0.05) is 70.3 Å². The fourth-order valence-corrected chi connectivity index (χ4v) is 2.55. The van der Waals surface area contributed by atoms with E-state index in [1.54, 1.807) is 6.08 Å². The molecule has 0 N–H and O–H groups in total. The van der Waals surface area contributed by atoms with Crippen LogP contribution in [0.3, 0.4) is 0 Å². The van der Waals surface area contributed by atoms with E-state index in [2.05, 4.69) is 33.9 Å². The summed E-state index contributed by atoms with van der Waals surface area (Å²) in [5, 5.41) is 0.416. The van der Waals surface area contributed by atoms with Crippen molar-refractivity contribution in [3.8, 4) is 0 Å². The van der Waals surface area contributed by atoms with Gasteiger partial charge in [-0.3, -0.25) is 0 Å². The summed E-state index contributed by atoms with van der Waals surface area (Å²) in [5.74, 6) is 0. The summed E-state index contributed by atoms with van der Waals surface area (Å²) in [6.45, 7) is 10.8. The van der Waals surface area contributed by atoms with Crippen LogP contribution < -0.4 is 0 Å². The summed E-state index contributed by atoms with van der Waals surface area (Å²) in [7, 11) is -1.89. The molecule has 0 saturated heterocycles. The highest BCUT2D eigenvalue weighted by molar-refractivity contribution is 7.07. The molecule has 0 atom stereocenters. The molecular formula is C15H22OSi. The first-order valence-electron chi connectivity index (χ1n) is 6.03. The van der Waals surface area contributed by atoms with Crippen LogP contribution in [0.1, 0.15) is 26.3 Å². The standard InChI is InChI=1S/C15H22OSi/c1-15(2,3)17(4,5)14(16)12-11-13-9-7-6-8-10-13/h6-12H,1-5H3/b12-11+. The van der Waals surface area contributed by atoms with Gasteiger partial charge in [-0.2, -0.15) is 0 Å². The molecule has 0 bridgehead atoms. The Bertz CT molecular complexity index is 410. The predicted octanol–water partition coefficient (Wildman–Crippen LogP) is 4.32. The van der Waals surface area contributed by atoms with Crippen LogP contribution in [0, 0.1) is 0 Å². The third kappa shape index (κ3) is 3.40. The third-order valence-corrected chi connectivity index (χ3v) is 8.87. The molecule has 0 unspecified atom stereocenters. The molecule has 0 amide bonds. The van der Waals surface area contributed by atoms with E-state index in [1.165, 1.54) is 0 Å². The second-order valence-corrected chi connectivity index (χ2v) is 11.2. The van der Waals surface area contributed by atoms with Gasteiger partial charge < -0.3 is 4.79 Å². The van der Waals surface area contributed by atoms with E-state index in [-0.39, 0.29) is 5.04 Å². The minimum absolute atomic E-state index is 0.102. The molecule has 0 aromatic heterocycles. The lowest BCUT2D eigenvalue weighted by Crippen LogP contribution is -2.45. The largest absolute Gasteiger partial charge is 0.301 e. The molecule has 0 spiro atoms. The van der Waals surface area contributed by atoms with Gasteiger partial charge in [0.05, 0.1) is 0 Å². The Kier molecular flexibility index (Phi) is 4.10. The molecule has 1 nitrogen and oxygen atoms in total. The number of benzene rings is 1.